The Balaban J connectivity index is 1.80. The van der Waals surface area contributed by atoms with E-state index in [-0.39, 0.29) is 0 Å². The number of anilines is 2. The molecule has 1 atom stereocenters. The molecule has 4 N–H and O–H groups in total. The van der Waals surface area contributed by atoms with Gasteiger partial charge in [0.05, 0.1) is 11.4 Å². The van der Waals surface area contributed by atoms with Gasteiger partial charge in [-0.3, -0.25) is 9.69 Å². The van der Waals surface area contributed by atoms with E-state index in [9.17, 15) is 4.79 Å². The summed E-state index contributed by atoms with van der Waals surface area (Å²) in [5.41, 5.74) is 13.5. The summed E-state index contributed by atoms with van der Waals surface area (Å²) in [6.07, 6.45) is 2.57. The summed E-state index contributed by atoms with van der Waals surface area (Å²) in [5, 5.41) is 0. The summed E-state index contributed by atoms with van der Waals surface area (Å²) >= 11 is 0. The summed E-state index contributed by atoms with van der Waals surface area (Å²) in [7, 11) is 0. The van der Waals surface area contributed by atoms with Gasteiger partial charge < -0.3 is 16.4 Å². The second-order valence-electron chi connectivity index (χ2n) is 5.42. The van der Waals surface area contributed by atoms with Crippen LogP contribution in [0.5, 0.6) is 0 Å². The van der Waals surface area contributed by atoms with Crippen molar-refractivity contribution in [3.8, 4) is 0 Å². The zero-order valence-corrected chi connectivity index (χ0v) is 11.0. The molecular formula is C14H20N4O. The molecule has 1 unspecified atom stereocenters. The maximum Gasteiger partial charge on any atom is 0.248 e. The average Bonchev–Trinajstić information content (AvgIpc) is 2.85. The van der Waals surface area contributed by atoms with E-state index in [0.717, 1.165) is 25.3 Å². The fourth-order valence-electron chi connectivity index (χ4n) is 3.21. The molecular weight excluding hydrogens is 240 g/mol. The average molecular weight is 260 g/mol. The van der Waals surface area contributed by atoms with Crippen molar-refractivity contribution in [2.24, 2.45) is 5.73 Å². The first-order valence-electron chi connectivity index (χ1n) is 6.83. The van der Waals surface area contributed by atoms with Crippen molar-refractivity contribution in [2.45, 2.75) is 18.9 Å². The third-order valence-corrected chi connectivity index (χ3v) is 4.24. The Morgan fingerprint density at radius 1 is 1.26 bits per heavy atom. The molecule has 5 heteroatoms. The van der Waals surface area contributed by atoms with Crippen molar-refractivity contribution in [1.29, 1.82) is 0 Å². The Kier molecular flexibility index (Phi) is 3.06. The van der Waals surface area contributed by atoms with Gasteiger partial charge in [-0.15, -0.1) is 0 Å². The van der Waals surface area contributed by atoms with E-state index >= 15 is 0 Å². The van der Waals surface area contributed by atoms with Crippen molar-refractivity contribution < 1.29 is 4.79 Å². The first kappa shape index (κ1) is 12.3. The Labute approximate surface area is 113 Å². The number of fused-ring (bicyclic) bond motifs is 1. The molecule has 0 radical (unpaired) electrons. The lowest BCUT2D eigenvalue weighted by molar-refractivity contribution is 0.100. The van der Waals surface area contributed by atoms with Crippen LogP contribution < -0.4 is 16.4 Å². The first-order chi connectivity index (χ1) is 9.15. The molecule has 0 aliphatic carbocycles. The number of amides is 1. The number of nitrogens with zero attached hydrogens (tertiary/aromatic N) is 2. The number of nitrogen functional groups attached to an aromatic ring is 1. The van der Waals surface area contributed by atoms with E-state index in [1.807, 2.05) is 6.07 Å². The van der Waals surface area contributed by atoms with Gasteiger partial charge in [-0.05, 0) is 37.6 Å². The highest BCUT2D eigenvalue weighted by Crippen LogP contribution is 2.29. The number of nitrogens with two attached hydrogens (primary N) is 2. The second kappa shape index (κ2) is 4.74. The molecule has 2 aliphatic rings. The highest BCUT2D eigenvalue weighted by atomic mass is 16.1. The number of rotatable bonds is 2. The smallest absolute Gasteiger partial charge is 0.248 e. The van der Waals surface area contributed by atoms with Crippen molar-refractivity contribution in [3.05, 3.63) is 23.8 Å². The highest BCUT2D eigenvalue weighted by molar-refractivity contribution is 5.94. The van der Waals surface area contributed by atoms with E-state index in [2.05, 4.69) is 9.80 Å². The van der Waals surface area contributed by atoms with Crippen LogP contribution in [0.1, 0.15) is 23.2 Å². The Bertz CT molecular complexity index is 502. The van der Waals surface area contributed by atoms with Crippen LogP contribution in [-0.4, -0.2) is 43.0 Å². The topological polar surface area (TPSA) is 75.6 Å². The van der Waals surface area contributed by atoms with Crippen molar-refractivity contribution in [1.82, 2.24) is 4.90 Å². The summed E-state index contributed by atoms with van der Waals surface area (Å²) in [5.74, 6) is -0.432. The van der Waals surface area contributed by atoms with E-state index in [0.29, 0.717) is 17.3 Å². The monoisotopic (exact) mass is 260 g/mol. The van der Waals surface area contributed by atoms with Gasteiger partial charge in [0, 0.05) is 31.2 Å². The standard InChI is InChI=1S/C14H20N4O/c15-12-8-10(14(16)19)3-4-13(12)18-7-6-17-5-1-2-11(17)9-18/h3-4,8,11H,1-2,5-7,9,15H2,(H2,16,19). The van der Waals surface area contributed by atoms with E-state index < -0.39 is 5.91 Å². The Morgan fingerprint density at radius 3 is 2.84 bits per heavy atom. The van der Waals surface area contributed by atoms with Crippen molar-refractivity contribution in [2.75, 3.05) is 36.8 Å². The lowest BCUT2D eigenvalue weighted by Gasteiger charge is -2.39. The van der Waals surface area contributed by atoms with Crippen LogP contribution in [0.3, 0.4) is 0 Å². The maximum absolute atomic E-state index is 11.1. The second-order valence-corrected chi connectivity index (χ2v) is 5.42. The molecule has 0 saturated carbocycles. The Hall–Kier alpha value is -1.75. The molecule has 1 amide bonds. The summed E-state index contributed by atoms with van der Waals surface area (Å²) < 4.78 is 0. The molecule has 102 valence electrons. The van der Waals surface area contributed by atoms with Crippen molar-refractivity contribution in [3.63, 3.8) is 0 Å². The number of carbonyl (C=O) groups excluding carboxylic acids is 1. The van der Waals surface area contributed by atoms with Crippen LogP contribution in [0, 0.1) is 0 Å². The number of benzene rings is 1. The van der Waals surface area contributed by atoms with Crippen LogP contribution in [0.15, 0.2) is 18.2 Å². The normalized spacial score (nSPS) is 23.4. The minimum absolute atomic E-state index is 0.432. The molecule has 19 heavy (non-hydrogen) atoms. The first-order valence-corrected chi connectivity index (χ1v) is 6.83. The van der Waals surface area contributed by atoms with Gasteiger partial charge in [0.2, 0.25) is 5.91 Å². The van der Waals surface area contributed by atoms with Gasteiger partial charge in [0.15, 0.2) is 0 Å². The lowest BCUT2D eigenvalue weighted by atomic mass is 10.1. The molecule has 0 bridgehead atoms. The molecule has 5 nitrogen and oxygen atoms in total. The van der Waals surface area contributed by atoms with Crippen LogP contribution in [0.2, 0.25) is 0 Å². The van der Waals surface area contributed by atoms with Crippen LogP contribution >= 0.6 is 0 Å². The summed E-state index contributed by atoms with van der Waals surface area (Å²) in [4.78, 5) is 16.0. The predicted molar refractivity (Wildman–Crippen MR) is 76.2 cm³/mol. The van der Waals surface area contributed by atoms with Gasteiger partial charge in [-0.2, -0.15) is 0 Å². The highest BCUT2D eigenvalue weighted by Gasteiger charge is 2.31. The van der Waals surface area contributed by atoms with Crippen LogP contribution in [-0.2, 0) is 0 Å². The number of carbonyl (C=O) groups is 1. The number of piperazine rings is 1. The van der Waals surface area contributed by atoms with Gasteiger partial charge >= 0.3 is 0 Å². The third-order valence-electron chi connectivity index (χ3n) is 4.24. The van der Waals surface area contributed by atoms with Gasteiger partial charge in [0.1, 0.15) is 0 Å². The number of hydrogen-bond donors (Lipinski definition) is 2. The molecule has 0 spiro atoms. The zero-order chi connectivity index (χ0) is 13.4. The Morgan fingerprint density at radius 2 is 2.11 bits per heavy atom. The van der Waals surface area contributed by atoms with Gasteiger partial charge in [-0.1, -0.05) is 0 Å². The molecule has 3 rings (SSSR count). The van der Waals surface area contributed by atoms with E-state index in [4.69, 9.17) is 11.5 Å². The van der Waals surface area contributed by atoms with Crippen molar-refractivity contribution >= 4 is 17.3 Å². The molecule has 2 aliphatic heterocycles. The molecule has 1 aromatic rings. The molecule has 2 fully saturated rings. The molecule has 2 saturated heterocycles. The van der Waals surface area contributed by atoms with Gasteiger partial charge in [-0.25, -0.2) is 0 Å². The lowest BCUT2D eigenvalue weighted by Crippen LogP contribution is -2.50. The minimum atomic E-state index is -0.432. The van der Waals surface area contributed by atoms with Gasteiger partial charge in [0.25, 0.3) is 0 Å². The van der Waals surface area contributed by atoms with E-state index in [1.54, 1.807) is 12.1 Å². The quantitative estimate of drug-likeness (QED) is 0.766. The molecule has 0 aromatic heterocycles. The summed E-state index contributed by atoms with van der Waals surface area (Å²) in [6, 6.07) is 6.01. The SMILES string of the molecule is NC(=O)c1ccc(N2CCN3CCCC3C2)c(N)c1. The van der Waals surface area contributed by atoms with Crippen LogP contribution in [0.4, 0.5) is 11.4 Å². The zero-order valence-electron chi connectivity index (χ0n) is 11.0. The fourth-order valence-corrected chi connectivity index (χ4v) is 3.21. The van der Waals surface area contributed by atoms with E-state index in [1.165, 1.54) is 19.4 Å². The molecule has 2 heterocycles. The maximum atomic E-state index is 11.1. The largest absolute Gasteiger partial charge is 0.397 e. The fraction of sp³-hybridized carbons (Fsp3) is 0.500. The third kappa shape index (κ3) is 2.26. The summed E-state index contributed by atoms with van der Waals surface area (Å²) in [6.45, 7) is 4.35. The predicted octanol–water partition coefficient (Wildman–Crippen LogP) is 0.652. The number of primary amides is 1. The number of hydrogen-bond acceptors (Lipinski definition) is 4. The van der Waals surface area contributed by atoms with Crippen LogP contribution in [0.25, 0.3) is 0 Å². The molecule has 1 aromatic carbocycles. The minimum Gasteiger partial charge on any atom is -0.397 e.